The molecule has 0 bridgehead atoms. The van der Waals surface area contributed by atoms with E-state index in [1.54, 1.807) is 13.2 Å². The Hall–Kier alpha value is -3.07. The Balaban J connectivity index is 1.29. The molecule has 2 saturated heterocycles. The zero-order valence-corrected chi connectivity index (χ0v) is 19.4. The van der Waals surface area contributed by atoms with Crippen molar-refractivity contribution in [1.29, 1.82) is 0 Å². The van der Waals surface area contributed by atoms with Gasteiger partial charge in [0.05, 0.1) is 12.8 Å². The van der Waals surface area contributed by atoms with Gasteiger partial charge in [-0.2, -0.15) is 5.10 Å². The number of piperazine rings is 1. The molecule has 2 aliphatic heterocycles. The van der Waals surface area contributed by atoms with Gasteiger partial charge >= 0.3 is 0 Å². The van der Waals surface area contributed by atoms with Crippen LogP contribution in [0.25, 0.3) is 0 Å². The number of para-hydroxylation sites is 2. The number of hydrogen-bond donors (Lipinski definition) is 1. The van der Waals surface area contributed by atoms with Crippen LogP contribution in [-0.2, 0) is 11.3 Å². The normalized spacial score (nSPS) is 16.8. The maximum absolute atomic E-state index is 12.4. The molecule has 1 amide bonds. The monoisotopic (exact) mass is 454 g/mol. The fourth-order valence-electron chi connectivity index (χ4n) is 4.52. The van der Waals surface area contributed by atoms with E-state index in [0.29, 0.717) is 6.54 Å². The summed E-state index contributed by atoms with van der Waals surface area (Å²) < 4.78 is 6.75. The zero-order valence-electron chi connectivity index (χ0n) is 19.4. The number of aromatic nitrogens is 2. The maximum Gasteiger partial charge on any atom is 0.267 e. The summed E-state index contributed by atoms with van der Waals surface area (Å²) >= 11 is 0. The number of hydrogen-bond acceptors (Lipinski definition) is 7. The molecule has 1 aromatic carbocycles. The molecular weight excluding hydrogens is 420 g/mol. The lowest BCUT2D eigenvalue weighted by molar-refractivity contribution is -0.121. The summed E-state index contributed by atoms with van der Waals surface area (Å²) in [6.45, 7) is 7.07. The van der Waals surface area contributed by atoms with Crippen molar-refractivity contribution < 1.29 is 9.53 Å². The summed E-state index contributed by atoms with van der Waals surface area (Å²) in [5.74, 6) is 1.41. The number of carbonyl (C=O) groups is 1. The van der Waals surface area contributed by atoms with Crippen molar-refractivity contribution in [2.24, 2.45) is 0 Å². The quantitative estimate of drug-likeness (QED) is 0.570. The summed E-state index contributed by atoms with van der Waals surface area (Å²) in [6.07, 6.45) is 3.46. The van der Waals surface area contributed by atoms with Crippen LogP contribution in [-0.4, -0.2) is 80.1 Å². The second-order valence-corrected chi connectivity index (χ2v) is 8.59. The smallest absolute Gasteiger partial charge is 0.267 e. The Morgan fingerprint density at radius 1 is 1.00 bits per heavy atom. The molecule has 2 aliphatic rings. The summed E-state index contributed by atoms with van der Waals surface area (Å²) in [5, 5.41) is 7.40. The average molecular weight is 455 g/mol. The number of ether oxygens (including phenoxy) is 1. The summed E-state index contributed by atoms with van der Waals surface area (Å²) in [5.41, 5.74) is 0.817. The molecule has 2 fully saturated rings. The van der Waals surface area contributed by atoms with E-state index in [1.807, 2.05) is 18.2 Å². The van der Waals surface area contributed by atoms with Crippen molar-refractivity contribution in [3.63, 3.8) is 0 Å². The van der Waals surface area contributed by atoms with Gasteiger partial charge in [-0.25, -0.2) is 4.68 Å². The van der Waals surface area contributed by atoms with Crippen molar-refractivity contribution in [3.05, 3.63) is 46.8 Å². The number of nitrogens with one attached hydrogen (secondary N) is 1. The van der Waals surface area contributed by atoms with Crippen LogP contribution in [0, 0.1) is 0 Å². The highest BCUT2D eigenvalue weighted by Gasteiger charge is 2.21. The van der Waals surface area contributed by atoms with E-state index in [2.05, 4.69) is 31.2 Å². The molecule has 0 aliphatic carbocycles. The van der Waals surface area contributed by atoms with E-state index >= 15 is 0 Å². The van der Waals surface area contributed by atoms with Crippen LogP contribution in [0.2, 0.25) is 0 Å². The van der Waals surface area contributed by atoms with Crippen molar-refractivity contribution in [2.45, 2.75) is 25.8 Å². The van der Waals surface area contributed by atoms with Gasteiger partial charge in [-0.1, -0.05) is 12.1 Å². The van der Waals surface area contributed by atoms with Crippen LogP contribution in [0.1, 0.15) is 19.3 Å². The van der Waals surface area contributed by atoms with E-state index < -0.39 is 0 Å². The Kier molecular flexibility index (Phi) is 7.83. The van der Waals surface area contributed by atoms with Crippen LogP contribution < -0.4 is 25.4 Å². The standard InChI is InChI=1S/C24H34N6O3/c1-33-21-8-3-2-7-20(21)28-15-17-29(18-16-28)22-9-10-24(32)30(26-22)19-23(31)25-11-6-14-27-12-4-5-13-27/h2-3,7-10H,4-6,11-19H2,1H3,(H,25,31). The second kappa shape index (κ2) is 11.2. The van der Waals surface area contributed by atoms with Gasteiger partial charge in [-0.3, -0.25) is 9.59 Å². The number of anilines is 2. The van der Waals surface area contributed by atoms with Gasteiger partial charge in [-0.15, -0.1) is 0 Å². The van der Waals surface area contributed by atoms with E-state index in [1.165, 1.54) is 23.6 Å². The Morgan fingerprint density at radius 2 is 1.73 bits per heavy atom. The Labute approximate surface area is 194 Å². The number of benzene rings is 1. The fraction of sp³-hybridized carbons (Fsp3) is 0.542. The highest BCUT2D eigenvalue weighted by atomic mass is 16.5. The second-order valence-electron chi connectivity index (χ2n) is 8.59. The van der Waals surface area contributed by atoms with E-state index in [9.17, 15) is 9.59 Å². The molecule has 0 saturated carbocycles. The molecule has 0 atom stereocenters. The topological polar surface area (TPSA) is 82.9 Å². The molecule has 9 heteroatoms. The van der Waals surface area contributed by atoms with Crippen LogP contribution in [0.15, 0.2) is 41.2 Å². The highest BCUT2D eigenvalue weighted by Crippen LogP contribution is 2.28. The zero-order chi connectivity index (χ0) is 23.0. The van der Waals surface area contributed by atoms with Gasteiger partial charge in [0.2, 0.25) is 5.91 Å². The lowest BCUT2D eigenvalue weighted by Gasteiger charge is -2.37. The lowest BCUT2D eigenvalue weighted by atomic mass is 10.2. The molecule has 33 heavy (non-hydrogen) atoms. The van der Waals surface area contributed by atoms with E-state index in [4.69, 9.17) is 4.74 Å². The van der Waals surface area contributed by atoms with Gasteiger partial charge in [0, 0.05) is 38.8 Å². The van der Waals surface area contributed by atoms with Gasteiger partial charge in [-0.05, 0) is 57.1 Å². The molecule has 2 aromatic rings. The SMILES string of the molecule is COc1ccccc1N1CCN(c2ccc(=O)n(CC(=O)NCCCN3CCCC3)n2)CC1. The number of rotatable bonds is 9. The highest BCUT2D eigenvalue weighted by molar-refractivity contribution is 5.75. The van der Waals surface area contributed by atoms with Gasteiger partial charge in [0.1, 0.15) is 18.1 Å². The van der Waals surface area contributed by atoms with Gasteiger partial charge in [0.25, 0.3) is 5.56 Å². The predicted octanol–water partition coefficient (Wildman–Crippen LogP) is 1.18. The van der Waals surface area contributed by atoms with E-state index in [0.717, 1.165) is 69.5 Å². The number of likely N-dealkylation sites (tertiary alicyclic amines) is 1. The third-order valence-corrected chi connectivity index (χ3v) is 6.35. The van der Waals surface area contributed by atoms with Gasteiger partial charge in [0.15, 0.2) is 0 Å². The summed E-state index contributed by atoms with van der Waals surface area (Å²) in [7, 11) is 1.69. The van der Waals surface area contributed by atoms with Crippen molar-refractivity contribution in [1.82, 2.24) is 20.0 Å². The largest absolute Gasteiger partial charge is 0.495 e. The van der Waals surface area contributed by atoms with Crippen LogP contribution in [0.3, 0.4) is 0 Å². The number of carbonyl (C=O) groups excluding carboxylic acids is 1. The van der Waals surface area contributed by atoms with Gasteiger partial charge < -0.3 is 24.8 Å². The van der Waals surface area contributed by atoms with Crippen molar-refractivity contribution >= 4 is 17.4 Å². The molecule has 3 heterocycles. The molecule has 178 valence electrons. The summed E-state index contributed by atoms with van der Waals surface area (Å²) in [6, 6.07) is 11.3. The maximum atomic E-state index is 12.4. The molecule has 1 N–H and O–H groups in total. The fourth-order valence-corrected chi connectivity index (χ4v) is 4.52. The van der Waals surface area contributed by atoms with Crippen molar-refractivity contribution in [3.8, 4) is 5.75 Å². The Morgan fingerprint density at radius 3 is 2.48 bits per heavy atom. The molecular formula is C24H34N6O3. The summed E-state index contributed by atoms with van der Waals surface area (Å²) in [4.78, 5) is 31.5. The Bertz CT molecular complexity index is 980. The number of methoxy groups -OCH3 is 1. The number of amides is 1. The first kappa shape index (κ1) is 23.1. The first-order valence-corrected chi connectivity index (χ1v) is 11.8. The third kappa shape index (κ3) is 6.04. The van der Waals surface area contributed by atoms with Crippen LogP contribution >= 0.6 is 0 Å². The first-order valence-electron chi connectivity index (χ1n) is 11.8. The predicted molar refractivity (Wildman–Crippen MR) is 129 cm³/mol. The number of nitrogens with zero attached hydrogens (tertiary/aromatic N) is 5. The third-order valence-electron chi connectivity index (χ3n) is 6.35. The molecule has 9 nitrogen and oxygen atoms in total. The first-order chi connectivity index (χ1) is 16.1. The molecule has 0 unspecified atom stereocenters. The molecule has 4 rings (SSSR count). The minimum Gasteiger partial charge on any atom is -0.495 e. The molecule has 0 radical (unpaired) electrons. The van der Waals surface area contributed by atoms with Crippen molar-refractivity contribution in [2.75, 3.05) is 69.3 Å². The van der Waals surface area contributed by atoms with E-state index in [-0.39, 0.29) is 18.0 Å². The lowest BCUT2D eigenvalue weighted by Crippen LogP contribution is -2.47. The molecule has 0 spiro atoms. The average Bonchev–Trinajstić information content (AvgIpc) is 3.37. The van der Waals surface area contributed by atoms with Crippen LogP contribution in [0.5, 0.6) is 5.75 Å². The minimum absolute atomic E-state index is 0.0580. The van der Waals surface area contributed by atoms with Crippen LogP contribution in [0.4, 0.5) is 11.5 Å². The molecule has 1 aromatic heterocycles. The minimum atomic E-state index is -0.265.